The molecule has 108 valence electrons. The minimum atomic E-state index is 0.0102. The van der Waals surface area contributed by atoms with E-state index >= 15 is 0 Å². The maximum atomic E-state index is 12.1. The molecule has 0 fully saturated rings. The van der Waals surface area contributed by atoms with Crippen molar-refractivity contribution in [3.05, 3.63) is 41.5 Å². The number of carbonyl (C=O) groups is 1. The van der Waals surface area contributed by atoms with Gasteiger partial charge in [0, 0.05) is 13.1 Å². The maximum Gasteiger partial charge on any atom is 0.260 e. The topological polar surface area (TPSA) is 29.5 Å². The molecule has 3 heteroatoms. The van der Waals surface area contributed by atoms with E-state index in [9.17, 15) is 4.79 Å². The third kappa shape index (κ3) is 3.62. The SMILES string of the molecule is C=C(C)CN(CC)C(=O)COc1ccc2c(c1)CCC2. The zero-order chi connectivity index (χ0) is 14.5. The smallest absolute Gasteiger partial charge is 0.260 e. The number of benzene rings is 1. The number of amides is 1. The summed E-state index contributed by atoms with van der Waals surface area (Å²) in [7, 11) is 0. The van der Waals surface area contributed by atoms with Gasteiger partial charge in [0.2, 0.25) is 0 Å². The highest BCUT2D eigenvalue weighted by atomic mass is 16.5. The number of nitrogens with zero attached hydrogens (tertiary/aromatic N) is 1. The van der Waals surface area contributed by atoms with E-state index in [1.54, 1.807) is 4.90 Å². The van der Waals surface area contributed by atoms with E-state index in [0.29, 0.717) is 13.1 Å². The molecule has 0 spiro atoms. The molecule has 3 nitrogen and oxygen atoms in total. The fraction of sp³-hybridized carbons (Fsp3) is 0.471. The lowest BCUT2D eigenvalue weighted by Crippen LogP contribution is -2.35. The number of ether oxygens (including phenoxy) is 1. The Morgan fingerprint density at radius 1 is 1.35 bits per heavy atom. The van der Waals surface area contributed by atoms with Crippen LogP contribution >= 0.6 is 0 Å². The molecule has 0 N–H and O–H groups in total. The van der Waals surface area contributed by atoms with Crippen LogP contribution in [0.2, 0.25) is 0 Å². The maximum absolute atomic E-state index is 12.1. The van der Waals surface area contributed by atoms with E-state index in [1.807, 2.05) is 19.9 Å². The number of rotatable bonds is 6. The molecule has 0 heterocycles. The van der Waals surface area contributed by atoms with Crippen molar-refractivity contribution in [1.29, 1.82) is 0 Å². The zero-order valence-corrected chi connectivity index (χ0v) is 12.4. The quantitative estimate of drug-likeness (QED) is 0.746. The number of fused-ring (bicyclic) bond motifs is 1. The molecule has 0 unspecified atom stereocenters. The van der Waals surface area contributed by atoms with E-state index in [1.165, 1.54) is 17.5 Å². The van der Waals surface area contributed by atoms with Gasteiger partial charge in [-0.1, -0.05) is 18.2 Å². The molecule has 0 aromatic heterocycles. The average Bonchev–Trinajstić information content (AvgIpc) is 2.89. The normalized spacial score (nSPS) is 12.9. The lowest BCUT2D eigenvalue weighted by Gasteiger charge is -2.21. The van der Waals surface area contributed by atoms with Crippen LogP contribution in [0, 0.1) is 0 Å². The Kier molecular flexibility index (Phi) is 4.83. The number of aryl methyl sites for hydroxylation is 2. The molecule has 1 amide bonds. The van der Waals surface area contributed by atoms with Gasteiger partial charge in [-0.15, -0.1) is 0 Å². The predicted molar refractivity (Wildman–Crippen MR) is 81.0 cm³/mol. The Morgan fingerprint density at radius 2 is 2.10 bits per heavy atom. The van der Waals surface area contributed by atoms with Gasteiger partial charge in [0.25, 0.3) is 5.91 Å². The van der Waals surface area contributed by atoms with E-state index in [2.05, 4.69) is 18.7 Å². The summed E-state index contributed by atoms with van der Waals surface area (Å²) in [4.78, 5) is 13.8. The monoisotopic (exact) mass is 273 g/mol. The van der Waals surface area contributed by atoms with Gasteiger partial charge < -0.3 is 9.64 Å². The van der Waals surface area contributed by atoms with Gasteiger partial charge in [0.05, 0.1) is 0 Å². The van der Waals surface area contributed by atoms with Crippen LogP contribution in [0.3, 0.4) is 0 Å². The zero-order valence-electron chi connectivity index (χ0n) is 12.4. The van der Waals surface area contributed by atoms with Crippen LogP contribution in [-0.4, -0.2) is 30.5 Å². The molecular weight excluding hydrogens is 250 g/mol. The standard InChI is InChI=1S/C17H23NO2/c1-4-18(11-13(2)3)17(19)12-20-16-9-8-14-6-5-7-15(14)10-16/h8-10H,2,4-7,11-12H2,1,3H3. The summed E-state index contributed by atoms with van der Waals surface area (Å²) in [6, 6.07) is 6.16. The number of carbonyl (C=O) groups excluding carboxylic acids is 1. The van der Waals surface area contributed by atoms with Crippen molar-refractivity contribution in [3.8, 4) is 5.75 Å². The molecule has 0 saturated heterocycles. The van der Waals surface area contributed by atoms with Crippen LogP contribution in [0.25, 0.3) is 0 Å². The molecule has 1 aliphatic rings. The Labute approximate surface area is 121 Å². The summed E-state index contributed by atoms with van der Waals surface area (Å²) in [5.41, 5.74) is 3.77. The van der Waals surface area contributed by atoms with Gasteiger partial charge in [-0.25, -0.2) is 0 Å². The van der Waals surface area contributed by atoms with Crippen molar-refractivity contribution in [2.75, 3.05) is 19.7 Å². The van der Waals surface area contributed by atoms with Crippen molar-refractivity contribution in [1.82, 2.24) is 4.90 Å². The molecule has 0 radical (unpaired) electrons. The highest BCUT2D eigenvalue weighted by Crippen LogP contribution is 2.25. The number of hydrogen-bond acceptors (Lipinski definition) is 2. The van der Waals surface area contributed by atoms with E-state index < -0.39 is 0 Å². The van der Waals surface area contributed by atoms with Crippen LogP contribution in [0.4, 0.5) is 0 Å². The van der Waals surface area contributed by atoms with Crippen LogP contribution < -0.4 is 4.74 Å². The molecule has 0 bridgehead atoms. The summed E-state index contributed by atoms with van der Waals surface area (Å²) in [5.74, 6) is 0.807. The first-order valence-corrected chi connectivity index (χ1v) is 7.27. The lowest BCUT2D eigenvalue weighted by atomic mass is 10.1. The summed E-state index contributed by atoms with van der Waals surface area (Å²) in [5, 5.41) is 0. The van der Waals surface area contributed by atoms with Crippen LogP contribution in [0.15, 0.2) is 30.4 Å². The first-order valence-electron chi connectivity index (χ1n) is 7.27. The fourth-order valence-electron chi connectivity index (χ4n) is 2.58. The van der Waals surface area contributed by atoms with Gasteiger partial charge in [0.15, 0.2) is 6.61 Å². The second-order valence-electron chi connectivity index (χ2n) is 5.44. The third-order valence-electron chi connectivity index (χ3n) is 3.63. The highest BCUT2D eigenvalue weighted by Gasteiger charge is 2.14. The minimum absolute atomic E-state index is 0.0102. The Balaban J connectivity index is 1.91. The molecule has 0 atom stereocenters. The van der Waals surface area contributed by atoms with Crippen molar-refractivity contribution in [2.24, 2.45) is 0 Å². The summed E-state index contributed by atoms with van der Waals surface area (Å²) in [6.07, 6.45) is 3.51. The summed E-state index contributed by atoms with van der Waals surface area (Å²) >= 11 is 0. The third-order valence-corrected chi connectivity index (χ3v) is 3.63. The lowest BCUT2D eigenvalue weighted by molar-refractivity contribution is -0.132. The fourth-order valence-corrected chi connectivity index (χ4v) is 2.58. The predicted octanol–water partition coefficient (Wildman–Crippen LogP) is 2.98. The van der Waals surface area contributed by atoms with Gasteiger partial charge in [-0.3, -0.25) is 4.79 Å². The molecule has 2 rings (SSSR count). The van der Waals surface area contributed by atoms with E-state index in [-0.39, 0.29) is 12.5 Å². The molecule has 0 aliphatic heterocycles. The molecule has 20 heavy (non-hydrogen) atoms. The van der Waals surface area contributed by atoms with E-state index in [4.69, 9.17) is 4.74 Å². The van der Waals surface area contributed by atoms with Crippen LogP contribution in [0.5, 0.6) is 5.75 Å². The average molecular weight is 273 g/mol. The van der Waals surface area contributed by atoms with Gasteiger partial charge in [-0.05, 0) is 56.4 Å². The summed E-state index contributed by atoms with van der Waals surface area (Å²) < 4.78 is 5.64. The number of likely N-dealkylation sites (N-methyl/N-ethyl adjacent to an activating group) is 1. The Hall–Kier alpha value is -1.77. The van der Waals surface area contributed by atoms with Gasteiger partial charge in [0.1, 0.15) is 5.75 Å². The van der Waals surface area contributed by atoms with Gasteiger partial charge in [-0.2, -0.15) is 0 Å². The number of hydrogen-bond donors (Lipinski definition) is 0. The van der Waals surface area contributed by atoms with Gasteiger partial charge >= 0.3 is 0 Å². The molecular formula is C17H23NO2. The second kappa shape index (κ2) is 6.60. The second-order valence-corrected chi connectivity index (χ2v) is 5.44. The largest absolute Gasteiger partial charge is 0.484 e. The highest BCUT2D eigenvalue weighted by molar-refractivity contribution is 5.78. The van der Waals surface area contributed by atoms with E-state index in [0.717, 1.165) is 24.2 Å². The van der Waals surface area contributed by atoms with Crippen molar-refractivity contribution >= 4 is 5.91 Å². The van der Waals surface area contributed by atoms with Crippen molar-refractivity contribution < 1.29 is 9.53 Å². The van der Waals surface area contributed by atoms with Crippen LogP contribution in [0.1, 0.15) is 31.4 Å². The summed E-state index contributed by atoms with van der Waals surface area (Å²) in [6.45, 7) is 9.12. The molecule has 1 aromatic rings. The molecule has 1 aromatic carbocycles. The van der Waals surface area contributed by atoms with Crippen molar-refractivity contribution in [3.63, 3.8) is 0 Å². The first-order chi connectivity index (χ1) is 9.60. The molecule has 1 aliphatic carbocycles. The first kappa shape index (κ1) is 14.6. The van der Waals surface area contributed by atoms with Crippen LogP contribution in [-0.2, 0) is 17.6 Å². The minimum Gasteiger partial charge on any atom is -0.484 e. The Morgan fingerprint density at radius 3 is 2.80 bits per heavy atom. The Bertz CT molecular complexity index is 508. The van der Waals surface area contributed by atoms with Crippen molar-refractivity contribution in [2.45, 2.75) is 33.1 Å². The molecule has 0 saturated carbocycles.